The molecule has 1 fully saturated rings. The number of rotatable bonds is 4. The molecule has 3 nitrogen and oxygen atoms in total. The molecule has 1 aliphatic heterocycles. The predicted octanol–water partition coefficient (Wildman–Crippen LogP) is 6.55. The summed E-state index contributed by atoms with van der Waals surface area (Å²) in [7, 11) is 0. The normalized spacial score (nSPS) is 18.9. The van der Waals surface area contributed by atoms with Crippen molar-refractivity contribution >= 4 is 5.69 Å². The zero-order valence-corrected chi connectivity index (χ0v) is 16.5. The van der Waals surface area contributed by atoms with Crippen molar-refractivity contribution in [2.24, 2.45) is 0 Å². The Hall–Kier alpha value is -3.30. The van der Waals surface area contributed by atoms with Crippen LogP contribution in [-0.4, -0.2) is 4.57 Å². The Labute approximate surface area is 171 Å². The summed E-state index contributed by atoms with van der Waals surface area (Å²) in [5.41, 5.74) is 6.00. The summed E-state index contributed by atoms with van der Waals surface area (Å²) in [4.78, 5) is 6.55. The lowest BCUT2D eigenvalue weighted by Crippen LogP contribution is -2.21. The summed E-state index contributed by atoms with van der Waals surface area (Å²) in [6.45, 7) is 2.12. The second-order valence-electron chi connectivity index (χ2n) is 7.55. The van der Waals surface area contributed by atoms with Crippen molar-refractivity contribution in [2.45, 2.75) is 25.6 Å². The third-order valence-electron chi connectivity index (χ3n) is 5.57. The highest BCUT2D eigenvalue weighted by Gasteiger charge is 2.36. The van der Waals surface area contributed by atoms with E-state index in [4.69, 9.17) is 4.84 Å². The Bertz CT molecular complexity index is 1070. The number of hydroxylamine groups is 1. The number of benzene rings is 3. The Balaban J connectivity index is 1.52. The minimum absolute atomic E-state index is 0.0632. The molecule has 3 aromatic carbocycles. The number of anilines is 1. The van der Waals surface area contributed by atoms with Gasteiger partial charge in [-0.15, -0.1) is 0 Å². The van der Waals surface area contributed by atoms with Crippen LogP contribution in [0, 0.1) is 6.92 Å². The summed E-state index contributed by atoms with van der Waals surface area (Å²) in [6.07, 6.45) is 2.94. The van der Waals surface area contributed by atoms with E-state index >= 15 is 0 Å². The Morgan fingerprint density at radius 1 is 0.759 bits per heavy atom. The highest BCUT2D eigenvalue weighted by Crippen LogP contribution is 2.43. The van der Waals surface area contributed by atoms with Crippen LogP contribution in [0.15, 0.2) is 103 Å². The maximum atomic E-state index is 6.55. The molecule has 0 unspecified atom stereocenters. The van der Waals surface area contributed by atoms with E-state index in [1.165, 1.54) is 22.4 Å². The van der Waals surface area contributed by atoms with Gasteiger partial charge in [-0.1, -0.05) is 78.4 Å². The summed E-state index contributed by atoms with van der Waals surface area (Å²) < 4.78 is 2.25. The van der Waals surface area contributed by atoms with Crippen molar-refractivity contribution in [1.82, 2.24) is 4.57 Å². The molecule has 0 aliphatic carbocycles. The molecular formula is C26H24N2O. The van der Waals surface area contributed by atoms with Gasteiger partial charge >= 0.3 is 0 Å². The third-order valence-corrected chi connectivity index (χ3v) is 5.57. The minimum Gasteiger partial charge on any atom is -0.319 e. The van der Waals surface area contributed by atoms with Gasteiger partial charge in [0.1, 0.15) is 0 Å². The van der Waals surface area contributed by atoms with E-state index in [0.29, 0.717) is 0 Å². The topological polar surface area (TPSA) is 17.4 Å². The average Bonchev–Trinajstić information content (AvgIpc) is 3.43. The van der Waals surface area contributed by atoms with Crippen molar-refractivity contribution < 1.29 is 4.84 Å². The number of aromatic nitrogens is 1. The van der Waals surface area contributed by atoms with Crippen LogP contribution in [-0.2, 0) is 4.84 Å². The quantitative estimate of drug-likeness (QED) is 0.400. The molecule has 2 heterocycles. The van der Waals surface area contributed by atoms with E-state index in [1.54, 1.807) is 0 Å². The van der Waals surface area contributed by atoms with Gasteiger partial charge in [-0.25, -0.2) is 9.90 Å². The molecule has 0 amide bonds. The molecule has 4 aromatic rings. The molecule has 5 rings (SSSR count). The maximum absolute atomic E-state index is 6.55. The Kier molecular flexibility index (Phi) is 4.66. The van der Waals surface area contributed by atoms with E-state index in [-0.39, 0.29) is 12.3 Å². The Morgan fingerprint density at radius 2 is 1.45 bits per heavy atom. The lowest BCUT2D eigenvalue weighted by molar-refractivity contribution is 0.0361. The van der Waals surface area contributed by atoms with Gasteiger partial charge in [-0.05, 0) is 42.3 Å². The van der Waals surface area contributed by atoms with Gasteiger partial charge in [0.2, 0.25) is 0 Å². The largest absolute Gasteiger partial charge is 0.319 e. The van der Waals surface area contributed by atoms with Gasteiger partial charge in [0.05, 0.1) is 17.4 Å². The van der Waals surface area contributed by atoms with Gasteiger partial charge in [0, 0.05) is 12.6 Å². The van der Waals surface area contributed by atoms with Crippen molar-refractivity contribution in [3.8, 4) is 11.3 Å². The molecule has 1 saturated heterocycles. The highest BCUT2D eigenvalue weighted by atomic mass is 16.7. The molecule has 3 heteroatoms. The van der Waals surface area contributed by atoms with Gasteiger partial charge in [0.25, 0.3) is 0 Å². The van der Waals surface area contributed by atoms with Crippen LogP contribution in [0.3, 0.4) is 0 Å². The highest BCUT2D eigenvalue weighted by molar-refractivity contribution is 5.60. The fraction of sp³-hybridized carbons (Fsp3) is 0.154. The van der Waals surface area contributed by atoms with E-state index < -0.39 is 0 Å². The predicted molar refractivity (Wildman–Crippen MR) is 117 cm³/mol. The molecular weight excluding hydrogens is 356 g/mol. The summed E-state index contributed by atoms with van der Waals surface area (Å²) in [5.74, 6) is 0. The molecule has 29 heavy (non-hydrogen) atoms. The first kappa shape index (κ1) is 17.8. The van der Waals surface area contributed by atoms with Crippen molar-refractivity contribution in [3.05, 3.63) is 114 Å². The SMILES string of the molecule is Cc1ccc([C@@H]2C[C@H](n3cccc3-c3ccccc3)ON2c2ccccc2)cc1. The maximum Gasteiger partial charge on any atom is 0.163 e. The molecule has 0 N–H and O–H groups in total. The number of para-hydroxylation sites is 1. The third kappa shape index (κ3) is 3.45. The number of nitrogens with zero attached hydrogens (tertiary/aromatic N) is 2. The van der Waals surface area contributed by atoms with Crippen LogP contribution in [0.25, 0.3) is 11.3 Å². The molecule has 0 spiro atoms. The molecule has 144 valence electrons. The first-order valence-electron chi connectivity index (χ1n) is 10.1. The smallest absolute Gasteiger partial charge is 0.163 e. The summed E-state index contributed by atoms with van der Waals surface area (Å²) in [5, 5.41) is 2.07. The molecule has 0 bridgehead atoms. The van der Waals surface area contributed by atoms with Crippen LogP contribution in [0.5, 0.6) is 0 Å². The lowest BCUT2D eigenvalue weighted by Gasteiger charge is -2.25. The average molecular weight is 380 g/mol. The Morgan fingerprint density at radius 3 is 2.17 bits per heavy atom. The molecule has 1 aliphatic rings. The fourth-order valence-corrected chi connectivity index (χ4v) is 4.07. The van der Waals surface area contributed by atoms with E-state index in [1.807, 2.05) is 12.1 Å². The first-order chi connectivity index (χ1) is 14.3. The van der Waals surface area contributed by atoms with Gasteiger partial charge in [0.15, 0.2) is 6.23 Å². The van der Waals surface area contributed by atoms with Crippen LogP contribution in [0.2, 0.25) is 0 Å². The van der Waals surface area contributed by atoms with Crippen LogP contribution in [0.4, 0.5) is 5.69 Å². The molecule has 2 atom stereocenters. The molecule has 0 saturated carbocycles. The van der Waals surface area contributed by atoms with Crippen molar-refractivity contribution in [3.63, 3.8) is 0 Å². The molecule has 1 aromatic heterocycles. The molecule has 0 radical (unpaired) electrons. The summed E-state index contributed by atoms with van der Waals surface area (Å²) >= 11 is 0. The van der Waals surface area contributed by atoms with Crippen LogP contribution in [0.1, 0.15) is 29.8 Å². The second kappa shape index (κ2) is 7.61. The number of aryl methyl sites for hydroxylation is 1. The zero-order valence-electron chi connectivity index (χ0n) is 16.5. The lowest BCUT2D eigenvalue weighted by atomic mass is 10.0. The van der Waals surface area contributed by atoms with E-state index in [2.05, 4.69) is 108 Å². The first-order valence-corrected chi connectivity index (χ1v) is 10.1. The standard InChI is InChI=1S/C26H24N2O/c1-20-14-16-22(17-15-20)25-19-26(29-28(25)23-11-6-3-7-12-23)27-18-8-13-24(27)21-9-4-2-5-10-21/h2-18,25-26H,19H2,1H3/t25-,26+/m0/s1. The van der Waals surface area contributed by atoms with Gasteiger partial charge in [-0.3, -0.25) is 0 Å². The van der Waals surface area contributed by atoms with Crippen molar-refractivity contribution in [1.29, 1.82) is 0 Å². The van der Waals surface area contributed by atoms with Gasteiger partial charge in [-0.2, -0.15) is 0 Å². The fourth-order valence-electron chi connectivity index (χ4n) is 4.07. The second-order valence-corrected chi connectivity index (χ2v) is 7.55. The van der Waals surface area contributed by atoms with Crippen LogP contribution >= 0.6 is 0 Å². The van der Waals surface area contributed by atoms with E-state index in [9.17, 15) is 0 Å². The minimum atomic E-state index is -0.0632. The zero-order chi connectivity index (χ0) is 19.6. The monoisotopic (exact) mass is 380 g/mol. The van der Waals surface area contributed by atoms with Crippen molar-refractivity contribution in [2.75, 3.05) is 5.06 Å². The van der Waals surface area contributed by atoms with Gasteiger partial charge < -0.3 is 4.57 Å². The number of hydrogen-bond donors (Lipinski definition) is 0. The van der Waals surface area contributed by atoms with Crippen LogP contribution < -0.4 is 5.06 Å². The number of hydrogen-bond acceptors (Lipinski definition) is 2. The van der Waals surface area contributed by atoms with E-state index in [0.717, 1.165) is 12.1 Å². The summed E-state index contributed by atoms with van der Waals surface area (Å²) in [6, 6.07) is 34.1.